The zero-order valence-electron chi connectivity index (χ0n) is 18.7. The van der Waals surface area contributed by atoms with E-state index in [4.69, 9.17) is 9.47 Å². The number of nitrogens with one attached hydrogen (secondary N) is 2. The van der Waals surface area contributed by atoms with Crippen molar-refractivity contribution in [3.05, 3.63) is 47.8 Å². The number of esters is 1. The molecule has 2 heterocycles. The normalized spacial score (nSPS) is 14.6. The fourth-order valence-corrected chi connectivity index (χ4v) is 3.90. The summed E-state index contributed by atoms with van der Waals surface area (Å²) in [6.07, 6.45) is 3.53. The summed E-state index contributed by atoms with van der Waals surface area (Å²) in [6.45, 7) is 3.49. The number of rotatable bonds is 8. The molecule has 3 rings (SSSR count). The van der Waals surface area contributed by atoms with Gasteiger partial charge in [-0.3, -0.25) is 14.5 Å². The Morgan fingerprint density at radius 1 is 1.09 bits per heavy atom. The summed E-state index contributed by atoms with van der Waals surface area (Å²) in [6, 6.07) is 9.28. The van der Waals surface area contributed by atoms with Gasteiger partial charge in [-0.25, -0.2) is 4.79 Å². The Morgan fingerprint density at radius 2 is 1.84 bits per heavy atom. The summed E-state index contributed by atoms with van der Waals surface area (Å²) in [4.78, 5) is 38.5. The third-order valence-electron chi connectivity index (χ3n) is 5.57. The maximum absolute atomic E-state index is 12.3. The van der Waals surface area contributed by atoms with Gasteiger partial charge in [0.05, 0.1) is 33.0 Å². The number of benzene rings is 1. The number of hydrogen-bond donors (Lipinski definition) is 2. The zero-order valence-corrected chi connectivity index (χ0v) is 18.7. The lowest BCUT2D eigenvalue weighted by Gasteiger charge is -2.32. The van der Waals surface area contributed by atoms with Crippen molar-refractivity contribution in [3.63, 3.8) is 0 Å². The van der Waals surface area contributed by atoms with E-state index in [1.54, 1.807) is 12.1 Å². The molecule has 172 valence electrons. The smallest absolute Gasteiger partial charge is 0.354 e. The Kier molecular flexibility index (Phi) is 7.88. The highest BCUT2D eigenvalue weighted by molar-refractivity contribution is 5.96. The number of carbonyl (C=O) groups is 3. The van der Waals surface area contributed by atoms with Gasteiger partial charge in [-0.1, -0.05) is 6.07 Å². The van der Waals surface area contributed by atoms with Crippen LogP contribution in [-0.4, -0.2) is 67.6 Å². The van der Waals surface area contributed by atoms with Crippen molar-refractivity contribution in [3.8, 4) is 5.75 Å². The fraction of sp³-hybridized carbons (Fsp3) is 0.435. The van der Waals surface area contributed by atoms with Gasteiger partial charge in [0.2, 0.25) is 11.8 Å². The second kappa shape index (κ2) is 10.8. The van der Waals surface area contributed by atoms with Crippen LogP contribution in [0.4, 0.5) is 5.69 Å². The molecule has 9 heteroatoms. The number of ether oxygens (including phenoxy) is 2. The Morgan fingerprint density at radius 3 is 2.53 bits per heavy atom. The minimum Gasteiger partial charge on any atom is -0.495 e. The first-order chi connectivity index (χ1) is 15.4. The number of amides is 2. The summed E-state index contributed by atoms with van der Waals surface area (Å²) in [5, 5.41) is 5.44. The van der Waals surface area contributed by atoms with Gasteiger partial charge in [-0.05, 0) is 49.6 Å². The molecule has 1 aromatic carbocycles. The van der Waals surface area contributed by atoms with Crippen LogP contribution in [0.15, 0.2) is 36.5 Å². The highest BCUT2D eigenvalue weighted by Crippen LogP contribution is 2.26. The number of carbonyl (C=O) groups excluding carboxylic acids is 3. The van der Waals surface area contributed by atoms with Gasteiger partial charge in [-0.2, -0.15) is 0 Å². The minimum absolute atomic E-state index is 0.113. The molecule has 2 N–H and O–H groups in total. The van der Waals surface area contributed by atoms with Crippen LogP contribution in [0, 0.1) is 6.92 Å². The molecule has 0 unspecified atom stereocenters. The molecule has 1 aliphatic heterocycles. The molecule has 1 aliphatic rings. The third-order valence-corrected chi connectivity index (χ3v) is 5.57. The zero-order chi connectivity index (χ0) is 23.1. The first kappa shape index (κ1) is 23.3. The summed E-state index contributed by atoms with van der Waals surface area (Å²) in [7, 11) is 2.91. The van der Waals surface area contributed by atoms with Crippen molar-refractivity contribution in [1.29, 1.82) is 0 Å². The largest absolute Gasteiger partial charge is 0.495 e. The molecule has 9 nitrogen and oxygen atoms in total. The third kappa shape index (κ3) is 5.88. The predicted molar refractivity (Wildman–Crippen MR) is 120 cm³/mol. The van der Waals surface area contributed by atoms with E-state index in [0.29, 0.717) is 17.1 Å². The molecule has 2 amide bonds. The van der Waals surface area contributed by atoms with Crippen LogP contribution in [0.25, 0.3) is 0 Å². The van der Waals surface area contributed by atoms with E-state index in [1.807, 2.05) is 35.9 Å². The number of aryl methyl sites for hydroxylation is 1. The van der Waals surface area contributed by atoms with Crippen molar-refractivity contribution in [1.82, 2.24) is 14.8 Å². The molecule has 1 fully saturated rings. The van der Waals surface area contributed by atoms with E-state index in [-0.39, 0.29) is 36.9 Å². The van der Waals surface area contributed by atoms with Gasteiger partial charge in [0.15, 0.2) is 0 Å². The maximum atomic E-state index is 12.3. The average Bonchev–Trinajstić information content (AvgIpc) is 3.28. The lowest BCUT2D eigenvalue weighted by molar-refractivity contribution is -0.125. The topological polar surface area (TPSA) is 102 Å². The van der Waals surface area contributed by atoms with Crippen molar-refractivity contribution < 1.29 is 23.9 Å². The Hall–Kier alpha value is -3.33. The van der Waals surface area contributed by atoms with Crippen LogP contribution < -0.4 is 15.4 Å². The number of hydrogen-bond acceptors (Lipinski definition) is 6. The lowest BCUT2D eigenvalue weighted by atomic mass is 10.0. The fourth-order valence-electron chi connectivity index (χ4n) is 3.90. The number of likely N-dealkylation sites (tertiary alicyclic amines) is 1. The molecule has 32 heavy (non-hydrogen) atoms. The summed E-state index contributed by atoms with van der Waals surface area (Å²) in [5.41, 5.74) is 2.11. The molecule has 0 atom stereocenters. The SMILES string of the molecule is COC(=O)c1cccn1C1CCN(CC(=O)NCC(=O)Nc2cc(C)ccc2OC)CC1. The monoisotopic (exact) mass is 442 g/mol. The molecule has 0 aliphatic carbocycles. The van der Waals surface area contributed by atoms with E-state index >= 15 is 0 Å². The molecule has 0 saturated carbocycles. The van der Waals surface area contributed by atoms with Gasteiger partial charge in [-0.15, -0.1) is 0 Å². The first-order valence-corrected chi connectivity index (χ1v) is 10.6. The van der Waals surface area contributed by atoms with Gasteiger partial charge in [0.1, 0.15) is 11.4 Å². The Bertz CT molecular complexity index is 963. The van der Waals surface area contributed by atoms with Crippen LogP contribution >= 0.6 is 0 Å². The van der Waals surface area contributed by atoms with Crippen LogP contribution in [0.3, 0.4) is 0 Å². The number of methoxy groups -OCH3 is 2. The van der Waals surface area contributed by atoms with Crippen molar-refractivity contribution in [2.75, 3.05) is 45.7 Å². The molecular weight excluding hydrogens is 412 g/mol. The van der Waals surface area contributed by atoms with Crippen molar-refractivity contribution >= 4 is 23.5 Å². The Labute approximate surface area is 187 Å². The molecule has 1 aromatic heterocycles. The molecule has 0 bridgehead atoms. The van der Waals surface area contributed by atoms with Crippen LogP contribution in [0.5, 0.6) is 5.75 Å². The molecule has 0 radical (unpaired) electrons. The predicted octanol–water partition coefficient (Wildman–Crippen LogP) is 1.98. The van der Waals surface area contributed by atoms with Crippen LogP contribution in [0.1, 0.15) is 34.9 Å². The molecular formula is C23H30N4O5. The standard InChI is InChI=1S/C23H30N4O5/c1-16-6-7-20(31-2)18(13-16)25-21(28)14-24-22(29)15-26-11-8-17(9-12-26)27-10-4-5-19(27)23(30)32-3/h4-7,10,13,17H,8-9,11-12,14-15H2,1-3H3,(H,24,29)(H,25,28). The summed E-state index contributed by atoms with van der Waals surface area (Å²) in [5.74, 6) is -0.301. The summed E-state index contributed by atoms with van der Waals surface area (Å²) < 4.78 is 12.0. The number of piperidine rings is 1. The van der Waals surface area contributed by atoms with Gasteiger partial charge < -0.3 is 24.7 Å². The second-order valence-corrected chi connectivity index (χ2v) is 7.83. The van der Waals surface area contributed by atoms with Crippen molar-refractivity contribution in [2.45, 2.75) is 25.8 Å². The number of aromatic nitrogens is 1. The van der Waals surface area contributed by atoms with E-state index in [9.17, 15) is 14.4 Å². The number of anilines is 1. The van der Waals surface area contributed by atoms with Crippen LogP contribution in [-0.2, 0) is 14.3 Å². The maximum Gasteiger partial charge on any atom is 0.354 e. The molecule has 0 spiro atoms. The lowest BCUT2D eigenvalue weighted by Crippen LogP contribution is -2.43. The van der Waals surface area contributed by atoms with Crippen LogP contribution in [0.2, 0.25) is 0 Å². The highest BCUT2D eigenvalue weighted by atomic mass is 16.5. The highest BCUT2D eigenvalue weighted by Gasteiger charge is 2.24. The average molecular weight is 443 g/mol. The Balaban J connectivity index is 1.43. The second-order valence-electron chi connectivity index (χ2n) is 7.83. The van der Waals surface area contributed by atoms with Gasteiger partial charge in [0, 0.05) is 25.3 Å². The molecule has 1 saturated heterocycles. The van der Waals surface area contributed by atoms with E-state index < -0.39 is 0 Å². The van der Waals surface area contributed by atoms with E-state index in [2.05, 4.69) is 15.5 Å². The van der Waals surface area contributed by atoms with Crippen molar-refractivity contribution in [2.24, 2.45) is 0 Å². The quantitative estimate of drug-likeness (QED) is 0.606. The molecule has 2 aromatic rings. The van der Waals surface area contributed by atoms with Gasteiger partial charge >= 0.3 is 5.97 Å². The first-order valence-electron chi connectivity index (χ1n) is 10.6. The van der Waals surface area contributed by atoms with E-state index in [0.717, 1.165) is 31.5 Å². The minimum atomic E-state index is -0.349. The van der Waals surface area contributed by atoms with E-state index in [1.165, 1.54) is 14.2 Å². The van der Waals surface area contributed by atoms with Gasteiger partial charge in [0.25, 0.3) is 0 Å². The summed E-state index contributed by atoms with van der Waals surface area (Å²) >= 11 is 0. The number of nitrogens with zero attached hydrogens (tertiary/aromatic N) is 2.